The van der Waals surface area contributed by atoms with Crippen molar-refractivity contribution in [3.63, 3.8) is 0 Å². The number of thioether (sulfide) groups is 1. The standard InChI is InChI=1S/C17H20N2O4S/c1-2-23-14-5-3-12(4-6-14)9-15(20)18-8-7-13(10-18)19-16(21)11-24-17(19)22/h3-6,13H,2,7-11H2,1H3/t13-/m0/s1. The fourth-order valence-electron chi connectivity index (χ4n) is 3.05. The fourth-order valence-corrected chi connectivity index (χ4v) is 3.83. The monoisotopic (exact) mass is 348 g/mol. The van der Waals surface area contributed by atoms with Crippen LogP contribution in [0.15, 0.2) is 24.3 Å². The van der Waals surface area contributed by atoms with Crippen LogP contribution < -0.4 is 4.74 Å². The SMILES string of the molecule is CCOc1ccc(CC(=O)N2CC[C@H](N3C(=O)CSC3=O)C2)cc1. The fraction of sp³-hybridized carbons (Fsp3) is 0.471. The predicted molar refractivity (Wildman–Crippen MR) is 91.0 cm³/mol. The van der Waals surface area contributed by atoms with Crippen LogP contribution in [-0.2, 0) is 16.0 Å². The Balaban J connectivity index is 1.56. The Hall–Kier alpha value is -2.02. The molecule has 0 aliphatic carbocycles. The lowest BCUT2D eigenvalue weighted by Crippen LogP contribution is -2.41. The van der Waals surface area contributed by atoms with Gasteiger partial charge in [0.25, 0.3) is 5.24 Å². The molecule has 2 heterocycles. The van der Waals surface area contributed by atoms with E-state index in [-0.39, 0.29) is 28.8 Å². The van der Waals surface area contributed by atoms with E-state index in [1.807, 2.05) is 31.2 Å². The molecule has 128 valence electrons. The third-order valence-electron chi connectivity index (χ3n) is 4.26. The number of rotatable bonds is 5. The number of hydrogen-bond acceptors (Lipinski definition) is 5. The van der Waals surface area contributed by atoms with E-state index in [0.717, 1.165) is 23.1 Å². The number of nitrogens with zero attached hydrogens (tertiary/aromatic N) is 2. The molecule has 0 aromatic heterocycles. The van der Waals surface area contributed by atoms with Crippen molar-refractivity contribution in [1.82, 2.24) is 9.80 Å². The van der Waals surface area contributed by atoms with Gasteiger partial charge in [-0.05, 0) is 31.0 Å². The minimum Gasteiger partial charge on any atom is -0.494 e. The maximum absolute atomic E-state index is 12.4. The van der Waals surface area contributed by atoms with Crippen LogP contribution >= 0.6 is 11.8 Å². The van der Waals surface area contributed by atoms with Gasteiger partial charge in [0.1, 0.15) is 5.75 Å². The van der Waals surface area contributed by atoms with Gasteiger partial charge in [-0.25, -0.2) is 0 Å². The first-order valence-electron chi connectivity index (χ1n) is 8.07. The molecule has 2 aliphatic heterocycles. The predicted octanol–water partition coefficient (Wildman–Crippen LogP) is 1.92. The van der Waals surface area contributed by atoms with E-state index in [9.17, 15) is 14.4 Å². The molecule has 0 unspecified atom stereocenters. The molecule has 0 saturated carbocycles. The molecule has 24 heavy (non-hydrogen) atoms. The summed E-state index contributed by atoms with van der Waals surface area (Å²) in [5.41, 5.74) is 0.927. The van der Waals surface area contributed by atoms with Crippen molar-refractivity contribution in [3.8, 4) is 5.75 Å². The smallest absolute Gasteiger partial charge is 0.289 e. The highest BCUT2D eigenvalue weighted by molar-refractivity contribution is 8.14. The van der Waals surface area contributed by atoms with E-state index in [4.69, 9.17) is 4.74 Å². The van der Waals surface area contributed by atoms with Crippen LogP contribution in [0, 0.1) is 0 Å². The quantitative estimate of drug-likeness (QED) is 0.813. The van der Waals surface area contributed by atoms with Gasteiger partial charge in [0.15, 0.2) is 0 Å². The minimum atomic E-state index is -0.189. The van der Waals surface area contributed by atoms with E-state index in [2.05, 4.69) is 0 Å². The number of likely N-dealkylation sites (tertiary alicyclic amines) is 1. The molecule has 6 nitrogen and oxygen atoms in total. The van der Waals surface area contributed by atoms with Gasteiger partial charge < -0.3 is 9.64 Å². The van der Waals surface area contributed by atoms with Gasteiger partial charge in [-0.2, -0.15) is 0 Å². The molecule has 2 saturated heterocycles. The number of ether oxygens (including phenoxy) is 1. The summed E-state index contributed by atoms with van der Waals surface area (Å²) in [5, 5.41) is -0.189. The summed E-state index contributed by atoms with van der Waals surface area (Å²) < 4.78 is 5.39. The van der Waals surface area contributed by atoms with Crippen molar-refractivity contribution in [2.45, 2.75) is 25.8 Å². The third kappa shape index (κ3) is 3.56. The van der Waals surface area contributed by atoms with Crippen LogP contribution in [0.25, 0.3) is 0 Å². The van der Waals surface area contributed by atoms with Crippen LogP contribution in [0.5, 0.6) is 5.75 Å². The molecule has 1 atom stereocenters. The highest BCUT2D eigenvalue weighted by Crippen LogP contribution is 2.26. The van der Waals surface area contributed by atoms with Gasteiger partial charge in [-0.15, -0.1) is 0 Å². The largest absolute Gasteiger partial charge is 0.494 e. The number of hydrogen-bond donors (Lipinski definition) is 0. The summed E-state index contributed by atoms with van der Waals surface area (Å²) in [6.07, 6.45) is 0.975. The molecule has 2 aliphatic rings. The topological polar surface area (TPSA) is 66.9 Å². The number of carbonyl (C=O) groups excluding carboxylic acids is 3. The van der Waals surface area contributed by atoms with Gasteiger partial charge in [0, 0.05) is 13.1 Å². The molecule has 1 aromatic carbocycles. The Morgan fingerprint density at radius 1 is 1.29 bits per heavy atom. The summed E-state index contributed by atoms with van der Waals surface area (Å²) >= 11 is 1.04. The molecule has 0 radical (unpaired) electrons. The number of benzene rings is 1. The molecular weight excluding hydrogens is 328 g/mol. The van der Waals surface area contributed by atoms with E-state index in [0.29, 0.717) is 32.5 Å². The zero-order valence-corrected chi connectivity index (χ0v) is 14.4. The molecule has 2 fully saturated rings. The molecule has 3 rings (SSSR count). The number of amides is 3. The summed E-state index contributed by atoms with van der Waals surface area (Å²) in [4.78, 5) is 39.1. The Kier molecular flexibility index (Phi) is 5.08. The average Bonchev–Trinajstić information content (AvgIpc) is 3.16. The zero-order valence-electron chi connectivity index (χ0n) is 13.6. The van der Waals surface area contributed by atoms with E-state index in [1.165, 1.54) is 4.90 Å². The third-order valence-corrected chi connectivity index (χ3v) is 5.09. The second-order valence-electron chi connectivity index (χ2n) is 5.85. The Bertz CT molecular complexity index is 630. The Morgan fingerprint density at radius 2 is 2.04 bits per heavy atom. The maximum atomic E-state index is 12.4. The van der Waals surface area contributed by atoms with Crippen LogP contribution in [0.3, 0.4) is 0 Å². The normalized spacial score (nSPS) is 20.8. The molecule has 1 aromatic rings. The summed E-state index contributed by atoms with van der Waals surface area (Å²) in [6.45, 7) is 3.56. The Labute approximate surface area is 145 Å². The second kappa shape index (κ2) is 7.25. The van der Waals surface area contributed by atoms with Crippen molar-refractivity contribution >= 4 is 28.8 Å². The molecule has 0 N–H and O–H groups in total. The summed E-state index contributed by atoms with van der Waals surface area (Å²) in [7, 11) is 0. The lowest BCUT2D eigenvalue weighted by atomic mass is 10.1. The van der Waals surface area contributed by atoms with Gasteiger partial charge in [0.2, 0.25) is 11.8 Å². The average molecular weight is 348 g/mol. The lowest BCUT2D eigenvalue weighted by molar-refractivity contribution is -0.131. The van der Waals surface area contributed by atoms with Gasteiger partial charge in [-0.3, -0.25) is 19.3 Å². The molecule has 0 spiro atoms. The Morgan fingerprint density at radius 3 is 2.67 bits per heavy atom. The first kappa shape index (κ1) is 16.8. The number of carbonyl (C=O) groups is 3. The summed E-state index contributed by atoms with van der Waals surface area (Å²) in [5.74, 6) is 0.887. The molecule has 3 amide bonds. The van der Waals surface area contributed by atoms with Gasteiger partial charge in [-0.1, -0.05) is 23.9 Å². The molecule has 0 bridgehead atoms. The first-order chi connectivity index (χ1) is 11.6. The van der Waals surface area contributed by atoms with E-state index in [1.54, 1.807) is 4.90 Å². The highest BCUT2D eigenvalue weighted by Gasteiger charge is 2.40. The molecule has 7 heteroatoms. The highest BCUT2D eigenvalue weighted by atomic mass is 32.2. The lowest BCUT2D eigenvalue weighted by Gasteiger charge is -2.22. The van der Waals surface area contributed by atoms with E-state index < -0.39 is 0 Å². The van der Waals surface area contributed by atoms with E-state index >= 15 is 0 Å². The summed E-state index contributed by atoms with van der Waals surface area (Å²) in [6, 6.07) is 7.32. The number of imide groups is 1. The van der Waals surface area contributed by atoms with Crippen LogP contribution in [0.2, 0.25) is 0 Å². The van der Waals surface area contributed by atoms with Crippen LogP contribution in [0.1, 0.15) is 18.9 Å². The second-order valence-corrected chi connectivity index (χ2v) is 6.78. The van der Waals surface area contributed by atoms with Crippen LogP contribution in [-0.4, -0.2) is 58.3 Å². The van der Waals surface area contributed by atoms with Crippen molar-refractivity contribution in [1.29, 1.82) is 0 Å². The van der Waals surface area contributed by atoms with Crippen molar-refractivity contribution in [2.75, 3.05) is 25.4 Å². The van der Waals surface area contributed by atoms with Gasteiger partial charge in [0.05, 0.1) is 24.8 Å². The first-order valence-corrected chi connectivity index (χ1v) is 9.05. The zero-order chi connectivity index (χ0) is 17.1. The maximum Gasteiger partial charge on any atom is 0.289 e. The van der Waals surface area contributed by atoms with Gasteiger partial charge >= 0.3 is 0 Å². The van der Waals surface area contributed by atoms with Crippen molar-refractivity contribution < 1.29 is 19.1 Å². The van der Waals surface area contributed by atoms with Crippen molar-refractivity contribution in [3.05, 3.63) is 29.8 Å². The molecular formula is C17H20N2O4S. The minimum absolute atomic E-state index is 0.0217. The van der Waals surface area contributed by atoms with Crippen LogP contribution in [0.4, 0.5) is 4.79 Å². The van der Waals surface area contributed by atoms with Crippen molar-refractivity contribution in [2.24, 2.45) is 0 Å².